The Kier molecular flexibility index (Phi) is 2.71. The van der Waals surface area contributed by atoms with Crippen LogP contribution < -0.4 is 10.2 Å². The first-order valence-corrected chi connectivity index (χ1v) is 6.42. The highest BCUT2D eigenvalue weighted by Gasteiger charge is 2.30. The van der Waals surface area contributed by atoms with E-state index in [0.717, 1.165) is 17.0 Å². The number of methoxy groups -OCH3 is 1. The SMILES string of the molecule is COc1ccccc1C1=CN2C(=O)CSC2=NN1. The Morgan fingerprint density at radius 2 is 2.28 bits per heavy atom. The van der Waals surface area contributed by atoms with Gasteiger partial charge in [-0.15, -0.1) is 5.10 Å². The molecule has 2 aliphatic heterocycles. The summed E-state index contributed by atoms with van der Waals surface area (Å²) in [5, 5.41) is 4.88. The van der Waals surface area contributed by atoms with Gasteiger partial charge in [-0.3, -0.25) is 15.1 Å². The Balaban J connectivity index is 1.99. The highest BCUT2D eigenvalue weighted by molar-refractivity contribution is 8.15. The molecule has 2 aliphatic rings. The zero-order chi connectivity index (χ0) is 12.5. The maximum Gasteiger partial charge on any atom is 0.243 e. The Bertz CT molecular complexity index is 568. The third-order valence-corrected chi connectivity index (χ3v) is 3.66. The lowest BCUT2D eigenvalue weighted by molar-refractivity contribution is -0.122. The number of benzene rings is 1. The van der Waals surface area contributed by atoms with Crippen LogP contribution in [0.3, 0.4) is 0 Å². The molecule has 0 saturated carbocycles. The van der Waals surface area contributed by atoms with Crippen LogP contribution in [0.15, 0.2) is 35.6 Å². The summed E-state index contributed by atoms with van der Waals surface area (Å²) in [6, 6.07) is 7.61. The van der Waals surface area contributed by atoms with E-state index >= 15 is 0 Å². The van der Waals surface area contributed by atoms with Crippen molar-refractivity contribution < 1.29 is 9.53 Å². The Hall–Kier alpha value is -1.95. The third kappa shape index (κ3) is 1.74. The lowest BCUT2D eigenvalue weighted by Crippen LogP contribution is -2.30. The minimum absolute atomic E-state index is 0.0487. The maximum atomic E-state index is 11.7. The number of rotatable bonds is 2. The number of amides is 1. The summed E-state index contributed by atoms with van der Waals surface area (Å²) < 4.78 is 5.30. The first-order chi connectivity index (χ1) is 8.79. The molecule has 0 bridgehead atoms. The fourth-order valence-electron chi connectivity index (χ4n) is 1.85. The summed E-state index contributed by atoms with van der Waals surface area (Å²) in [5.41, 5.74) is 4.59. The van der Waals surface area contributed by atoms with E-state index in [4.69, 9.17) is 4.74 Å². The molecule has 0 unspecified atom stereocenters. The monoisotopic (exact) mass is 261 g/mol. The summed E-state index contributed by atoms with van der Waals surface area (Å²) in [7, 11) is 1.62. The van der Waals surface area contributed by atoms with Crippen molar-refractivity contribution in [1.82, 2.24) is 10.3 Å². The second-order valence-corrected chi connectivity index (χ2v) is 4.74. The molecule has 0 aromatic heterocycles. The van der Waals surface area contributed by atoms with Crippen molar-refractivity contribution in [1.29, 1.82) is 0 Å². The van der Waals surface area contributed by atoms with Gasteiger partial charge in [0.15, 0.2) is 5.17 Å². The molecule has 2 heterocycles. The smallest absolute Gasteiger partial charge is 0.243 e. The van der Waals surface area contributed by atoms with Gasteiger partial charge in [0, 0.05) is 11.8 Å². The minimum Gasteiger partial charge on any atom is -0.496 e. The molecule has 3 rings (SSSR count). The largest absolute Gasteiger partial charge is 0.496 e. The van der Waals surface area contributed by atoms with Gasteiger partial charge < -0.3 is 4.74 Å². The number of hydrogen-bond donors (Lipinski definition) is 1. The lowest BCUT2D eigenvalue weighted by Gasteiger charge is -2.20. The summed E-state index contributed by atoms with van der Waals surface area (Å²) in [5.74, 6) is 1.23. The highest BCUT2D eigenvalue weighted by Crippen LogP contribution is 2.29. The fourth-order valence-corrected chi connectivity index (χ4v) is 2.64. The summed E-state index contributed by atoms with van der Waals surface area (Å²) in [6.07, 6.45) is 1.77. The number of hydrogen-bond acceptors (Lipinski definition) is 5. The normalized spacial score (nSPS) is 17.8. The van der Waals surface area contributed by atoms with Crippen molar-refractivity contribution in [3.63, 3.8) is 0 Å². The molecular weight excluding hydrogens is 250 g/mol. The number of fused-ring (bicyclic) bond motifs is 1. The van der Waals surface area contributed by atoms with Gasteiger partial charge in [0.05, 0.1) is 18.6 Å². The minimum atomic E-state index is 0.0487. The number of carbonyl (C=O) groups excluding carboxylic acids is 1. The molecule has 0 aliphatic carbocycles. The molecule has 18 heavy (non-hydrogen) atoms. The predicted molar refractivity (Wildman–Crippen MR) is 70.8 cm³/mol. The van der Waals surface area contributed by atoms with Crippen LogP contribution in [0.1, 0.15) is 5.56 Å². The molecule has 1 N–H and O–H groups in total. The number of thioether (sulfide) groups is 1. The molecule has 1 aromatic rings. The first kappa shape index (κ1) is 11.2. The number of hydrazone groups is 1. The topological polar surface area (TPSA) is 53.9 Å². The van der Waals surface area contributed by atoms with Gasteiger partial charge in [-0.1, -0.05) is 23.9 Å². The van der Waals surface area contributed by atoms with Crippen LogP contribution in [0, 0.1) is 0 Å². The molecule has 1 fully saturated rings. The van der Waals surface area contributed by atoms with Gasteiger partial charge in [0.25, 0.3) is 0 Å². The van der Waals surface area contributed by atoms with Crippen molar-refractivity contribution in [2.24, 2.45) is 5.10 Å². The van der Waals surface area contributed by atoms with Crippen molar-refractivity contribution in [3.8, 4) is 5.75 Å². The van der Waals surface area contributed by atoms with Gasteiger partial charge in [0.2, 0.25) is 5.91 Å². The molecule has 1 aromatic carbocycles. The molecule has 1 saturated heterocycles. The first-order valence-electron chi connectivity index (χ1n) is 5.43. The molecule has 0 atom stereocenters. The van der Waals surface area contributed by atoms with Crippen molar-refractivity contribution in [2.45, 2.75) is 0 Å². The third-order valence-electron chi connectivity index (χ3n) is 2.73. The number of nitrogens with zero attached hydrogens (tertiary/aromatic N) is 2. The van der Waals surface area contributed by atoms with Gasteiger partial charge in [0.1, 0.15) is 5.75 Å². The molecule has 6 heteroatoms. The van der Waals surface area contributed by atoms with E-state index in [2.05, 4.69) is 10.5 Å². The van der Waals surface area contributed by atoms with Crippen molar-refractivity contribution in [2.75, 3.05) is 12.9 Å². The van der Waals surface area contributed by atoms with Gasteiger partial charge in [-0.2, -0.15) is 0 Å². The van der Waals surface area contributed by atoms with Gasteiger partial charge in [-0.05, 0) is 12.1 Å². The van der Waals surface area contributed by atoms with E-state index in [1.165, 1.54) is 11.8 Å². The van der Waals surface area contributed by atoms with Crippen LogP contribution in [0.2, 0.25) is 0 Å². The second-order valence-electron chi connectivity index (χ2n) is 3.80. The molecular formula is C12H11N3O2S. The number of para-hydroxylation sites is 1. The van der Waals surface area contributed by atoms with Crippen LogP contribution in [-0.4, -0.2) is 28.8 Å². The Labute approximate surface area is 108 Å². The molecule has 1 amide bonds. The second kappa shape index (κ2) is 4.38. The molecule has 0 radical (unpaired) electrons. The Morgan fingerprint density at radius 1 is 1.44 bits per heavy atom. The van der Waals surface area contributed by atoms with E-state index in [1.807, 2.05) is 24.3 Å². The molecule has 0 spiro atoms. The highest BCUT2D eigenvalue weighted by atomic mass is 32.2. The van der Waals surface area contributed by atoms with E-state index in [1.54, 1.807) is 18.2 Å². The van der Waals surface area contributed by atoms with Crippen LogP contribution in [0.25, 0.3) is 5.70 Å². The van der Waals surface area contributed by atoms with E-state index in [9.17, 15) is 4.79 Å². The fraction of sp³-hybridized carbons (Fsp3) is 0.167. The lowest BCUT2D eigenvalue weighted by atomic mass is 10.1. The van der Waals surface area contributed by atoms with Crippen LogP contribution in [-0.2, 0) is 4.79 Å². The van der Waals surface area contributed by atoms with Crippen LogP contribution in [0.4, 0.5) is 0 Å². The van der Waals surface area contributed by atoms with Gasteiger partial charge >= 0.3 is 0 Å². The average Bonchev–Trinajstić information content (AvgIpc) is 2.80. The summed E-state index contributed by atoms with van der Waals surface area (Å²) >= 11 is 1.43. The number of amidine groups is 1. The number of carbonyl (C=O) groups is 1. The quantitative estimate of drug-likeness (QED) is 0.875. The van der Waals surface area contributed by atoms with E-state index < -0.39 is 0 Å². The van der Waals surface area contributed by atoms with E-state index in [0.29, 0.717) is 10.9 Å². The number of ether oxygens (including phenoxy) is 1. The zero-order valence-electron chi connectivity index (χ0n) is 9.71. The van der Waals surface area contributed by atoms with Crippen LogP contribution in [0.5, 0.6) is 5.75 Å². The van der Waals surface area contributed by atoms with Gasteiger partial charge in [-0.25, -0.2) is 0 Å². The summed E-state index contributed by atoms with van der Waals surface area (Å²) in [4.78, 5) is 13.2. The zero-order valence-corrected chi connectivity index (χ0v) is 10.5. The maximum absolute atomic E-state index is 11.7. The van der Waals surface area contributed by atoms with Crippen LogP contribution >= 0.6 is 11.8 Å². The standard InChI is InChI=1S/C12H11N3O2S/c1-17-10-5-3-2-4-8(10)9-6-15-11(16)7-18-12(15)14-13-9/h2-6,13H,7H2,1H3. The Morgan fingerprint density at radius 3 is 3.11 bits per heavy atom. The number of nitrogens with one attached hydrogen (secondary N) is 1. The van der Waals surface area contributed by atoms with Crippen molar-refractivity contribution in [3.05, 3.63) is 36.0 Å². The molecule has 92 valence electrons. The average molecular weight is 261 g/mol. The predicted octanol–water partition coefficient (Wildman–Crippen LogP) is 1.44. The van der Waals surface area contributed by atoms with Crippen molar-refractivity contribution >= 4 is 28.5 Å². The summed E-state index contributed by atoms with van der Waals surface area (Å²) in [6.45, 7) is 0. The van der Waals surface area contributed by atoms with E-state index in [-0.39, 0.29) is 5.91 Å². The molecule has 5 nitrogen and oxygen atoms in total.